The van der Waals surface area contributed by atoms with Crippen molar-refractivity contribution < 1.29 is 0 Å². The zero-order valence-corrected chi connectivity index (χ0v) is 11.0. The first-order valence-corrected chi connectivity index (χ1v) is 6.14. The molecular formula is C12H23N5. The van der Waals surface area contributed by atoms with Gasteiger partial charge in [-0.3, -0.25) is 0 Å². The summed E-state index contributed by atoms with van der Waals surface area (Å²) in [4.78, 5) is 10.7. The van der Waals surface area contributed by atoms with Gasteiger partial charge in [0.25, 0.3) is 0 Å². The largest absolute Gasteiger partial charge is 0.384 e. The van der Waals surface area contributed by atoms with Crippen molar-refractivity contribution >= 4 is 11.6 Å². The highest BCUT2D eigenvalue weighted by Crippen LogP contribution is 2.08. The van der Waals surface area contributed by atoms with Crippen LogP contribution < -0.4 is 11.1 Å². The molecule has 0 radical (unpaired) electrons. The van der Waals surface area contributed by atoms with Crippen molar-refractivity contribution in [2.45, 2.75) is 26.2 Å². The summed E-state index contributed by atoms with van der Waals surface area (Å²) in [5.74, 6) is 2.16. The molecule has 0 bridgehead atoms. The lowest BCUT2D eigenvalue weighted by molar-refractivity contribution is 0.396. The highest BCUT2D eigenvalue weighted by Gasteiger charge is 2.00. The monoisotopic (exact) mass is 237 g/mol. The minimum atomic E-state index is 0.535. The first-order valence-electron chi connectivity index (χ1n) is 6.14. The maximum absolute atomic E-state index is 5.71. The molecule has 0 atom stereocenters. The minimum absolute atomic E-state index is 0.535. The van der Waals surface area contributed by atoms with E-state index in [0.717, 1.165) is 37.6 Å². The number of unbranched alkanes of at least 4 members (excludes halogenated alkanes) is 1. The van der Waals surface area contributed by atoms with Gasteiger partial charge in [-0.25, -0.2) is 9.97 Å². The fourth-order valence-electron chi connectivity index (χ4n) is 1.54. The van der Waals surface area contributed by atoms with Gasteiger partial charge < -0.3 is 16.0 Å². The SMILES string of the molecule is CCc1nc(N)cc(NCCCCN(C)C)n1. The smallest absolute Gasteiger partial charge is 0.132 e. The molecule has 3 N–H and O–H groups in total. The van der Waals surface area contributed by atoms with E-state index >= 15 is 0 Å². The molecule has 0 aromatic carbocycles. The van der Waals surface area contributed by atoms with Gasteiger partial charge in [0.15, 0.2) is 0 Å². The molecule has 17 heavy (non-hydrogen) atoms. The lowest BCUT2D eigenvalue weighted by Crippen LogP contribution is -2.14. The van der Waals surface area contributed by atoms with Crippen molar-refractivity contribution in [3.05, 3.63) is 11.9 Å². The molecule has 0 aliphatic rings. The Morgan fingerprint density at radius 1 is 1.29 bits per heavy atom. The predicted molar refractivity (Wildman–Crippen MR) is 72.1 cm³/mol. The van der Waals surface area contributed by atoms with Gasteiger partial charge in [0.05, 0.1) is 0 Å². The highest BCUT2D eigenvalue weighted by molar-refractivity contribution is 5.44. The van der Waals surface area contributed by atoms with Crippen molar-refractivity contribution in [3.63, 3.8) is 0 Å². The van der Waals surface area contributed by atoms with Crippen LogP contribution in [0.3, 0.4) is 0 Å². The van der Waals surface area contributed by atoms with E-state index in [9.17, 15) is 0 Å². The second-order valence-electron chi connectivity index (χ2n) is 4.38. The van der Waals surface area contributed by atoms with E-state index in [-0.39, 0.29) is 0 Å². The number of hydrogen-bond donors (Lipinski definition) is 2. The Kier molecular flexibility index (Phi) is 5.69. The Labute approximate surface area is 103 Å². The van der Waals surface area contributed by atoms with Gasteiger partial charge in [-0.05, 0) is 33.5 Å². The highest BCUT2D eigenvalue weighted by atomic mass is 15.1. The number of nitrogens with zero attached hydrogens (tertiary/aromatic N) is 3. The first kappa shape index (κ1) is 13.7. The summed E-state index contributed by atoms with van der Waals surface area (Å²) in [5.41, 5.74) is 5.71. The number of nitrogens with two attached hydrogens (primary N) is 1. The van der Waals surface area contributed by atoms with Gasteiger partial charge in [0, 0.05) is 19.0 Å². The minimum Gasteiger partial charge on any atom is -0.384 e. The van der Waals surface area contributed by atoms with Crippen molar-refractivity contribution in [2.75, 3.05) is 38.2 Å². The summed E-state index contributed by atoms with van der Waals surface area (Å²) in [6, 6.07) is 1.78. The first-order chi connectivity index (χ1) is 8.11. The average Bonchev–Trinajstić information content (AvgIpc) is 2.27. The fraction of sp³-hybridized carbons (Fsp3) is 0.667. The number of rotatable bonds is 7. The third kappa shape index (κ3) is 5.49. The molecule has 1 rings (SSSR count). The zero-order chi connectivity index (χ0) is 12.7. The molecule has 0 unspecified atom stereocenters. The number of aromatic nitrogens is 2. The van der Waals surface area contributed by atoms with Crippen molar-refractivity contribution in [3.8, 4) is 0 Å². The molecule has 0 spiro atoms. The lowest BCUT2D eigenvalue weighted by Gasteiger charge is -2.10. The average molecular weight is 237 g/mol. The fourth-order valence-corrected chi connectivity index (χ4v) is 1.54. The third-order valence-corrected chi connectivity index (χ3v) is 2.45. The van der Waals surface area contributed by atoms with Crippen LogP contribution in [0.25, 0.3) is 0 Å². The van der Waals surface area contributed by atoms with Crippen LogP contribution in [0.2, 0.25) is 0 Å². The molecule has 96 valence electrons. The van der Waals surface area contributed by atoms with Crippen LogP contribution in [0.1, 0.15) is 25.6 Å². The van der Waals surface area contributed by atoms with Crippen LogP contribution in [0, 0.1) is 0 Å². The van der Waals surface area contributed by atoms with E-state index < -0.39 is 0 Å². The molecule has 0 aliphatic carbocycles. The number of hydrogen-bond acceptors (Lipinski definition) is 5. The van der Waals surface area contributed by atoms with Crippen molar-refractivity contribution in [1.82, 2.24) is 14.9 Å². The molecule has 1 aromatic heterocycles. The van der Waals surface area contributed by atoms with E-state index in [1.807, 2.05) is 6.92 Å². The van der Waals surface area contributed by atoms with Crippen LogP contribution in [0.4, 0.5) is 11.6 Å². The van der Waals surface area contributed by atoms with Crippen LogP contribution in [-0.2, 0) is 6.42 Å². The molecule has 1 aromatic rings. The van der Waals surface area contributed by atoms with E-state index in [1.54, 1.807) is 6.07 Å². The van der Waals surface area contributed by atoms with Gasteiger partial charge in [-0.1, -0.05) is 6.92 Å². The molecule has 0 saturated carbocycles. The number of nitrogens with one attached hydrogen (secondary N) is 1. The number of anilines is 2. The Bertz CT molecular complexity index is 338. The molecular weight excluding hydrogens is 214 g/mol. The molecule has 0 aliphatic heterocycles. The zero-order valence-electron chi connectivity index (χ0n) is 11.0. The van der Waals surface area contributed by atoms with E-state index in [2.05, 4.69) is 34.3 Å². The van der Waals surface area contributed by atoms with E-state index in [4.69, 9.17) is 5.73 Å². The summed E-state index contributed by atoms with van der Waals surface area (Å²) in [7, 11) is 4.18. The van der Waals surface area contributed by atoms with E-state index in [1.165, 1.54) is 6.42 Å². The number of aryl methyl sites for hydroxylation is 1. The molecule has 0 amide bonds. The van der Waals surface area contributed by atoms with E-state index in [0.29, 0.717) is 5.82 Å². The van der Waals surface area contributed by atoms with Gasteiger partial charge >= 0.3 is 0 Å². The second-order valence-corrected chi connectivity index (χ2v) is 4.38. The molecule has 0 saturated heterocycles. The molecule has 1 heterocycles. The van der Waals surface area contributed by atoms with Gasteiger partial charge in [-0.2, -0.15) is 0 Å². The molecule has 5 heteroatoms. The summed E-state index contributed by atoms with van der Waals surface area (Å²) in [5, 5.41) is 3.28. The second kappa shape index (κ2) is 7.06. The predicted octanol–water partition coefficient (Wildman–Crippen LogP) is 1.37. The normalized spacial score (nSPS) is 10.8. The van der Waals surface area contributed by atoms with Gasteiger partial charge in [0.1, 0.15) is 17.5 Å². The van der Waals surface area contributed by atoms with Crippen LogP contribution in [0.15, 0.2) is 6.07 Å². The Balaban J connectivity index is 2.33. The van der Waals surface area contributed by atoms with Crippen molar-refractivity contribution in [2.24, 2.45) is 0 Å². The van der Waals surface area contributed by atoms with Crippen LogP contribution >= 0.6 is 0 Å². The Hall–Kier alpha value is -1.36. The third-order valence-electron chi connectivity index (χ3n) is 2.45. The quantitative estimate of drug-likeness (QED) is 0.701. The van der Waals surface area contributed by atoms with Crippen molar-refractivity contribution in [1.29, 1.82) is 0 Å². The van der Waals surface area contributed by atoms with Crippen LogP contribution in [-0.4, -0.2) is 42.1 Å². The molecule has 5 nitrogen and oxygen atoms in total. The summed E-state index contributed by atoms with van der Waals surface area (Å²) >= 11 is 0. The maximum Gasteiger partial charge on any atom is 0.132 e. The maximum atomic E-state index is 5.71. The van der Waals surface area contributed by atoms with Gasteiger partial charge in [0.2, 0.25) is 0 Å². The summed E-state index contributed by atoms with van der Waals surface area (Å²) in [6.45, 7) is 4.07. The topological polar surface area (TPSA) is 67.1 Å². The summed E-state index contributed by atoms with van der Waals surface area (Å²) < 4.78 is 0. The Morgan fingerprint density at radius 3 is 2.71 bits per heavy atom. The number of nitrogen functional groups attached to an aromatic ring is 1. The lowest BCUT2D eigenvalue weighted by atomic mass is 10.3. The van der Waals surface area contributed by atoms with Gasteiger partial charge in [-0.15, -0.1) is 0 Å². The molecule has 0 fully saturated rings. The van der Waals surface area contributed by atoms with Crippen LogP contribution in [0.5, 0.6) is 0 Å². The summed E-state index contributed by atoms with van der Waals surface area (Å²) in [6.07, 6.45) is 3.12. The Morgan fingerprint density at radius 2 is 2.06 bits per heavy atom. The standard InChI is InChI=1S/C12H23N5/c1-4-11-15-10(13)9-12(16-11)14-7-5-6-8-17(2)3/h9H,4-8H2,1-3H3,(H3,13,14,15,16).